The SMILES string of the molecule is Cc1ccc(CN(Cc2ccc3c(c2)OCO3)C(=O)CN(CCN2CCOCC2)C(=O)COc2ccc(Cl)cc2)o1. The molecule has 11 heteroatoms. The molecule has 2 aliphatic rings. The normalized spacial score (nSPS) is 14.6. The number of amides is 2. The van der Waals surface area contributed by atoms with Crippen molar-refractivity contribution in [2.45, 2.75) is 20.0 Å². The average Bonchev–Trinajstić information content (AvgIpc) is 3.63. The van der Waals surface area contributed by atoms with E-state index in [4.69, 9.17) is 35.0 Å². The first kappa shape index (κ1) is 28.8. The van der Waals surface area contributed by atoms with Crippen LogP contribution >= 0.6 is 11.6 Å². The molecule has 0 atom stereocenters. The molecule has 0 bridgehead atoms. The minimum atomic E-state index is -0.279. The van der Waals surface area contributed by atoms with Crippen LogP contribution in [-0.4, -0.2) is 85.9 Å². The number of fused-ring (bicyclic) bond motifs is 1. The number of benzene rings is 2. The lowest BCUT2D eigenvalue weighted by Gasteiger charge is -2.31. The van der Waals surface area contributed by atoms with Gasteiger partial charge in [0.2, 0.25) is 12.7 Å². The second kappa shape index (κ2) is 13.8. The van der Waals surface area contributed by atoms with Crippen LogP contribution in [0.15, 0.2) is 59.0 Å². The van der Waals surface area contributed by atoms with Gasteiger partial charge in [0.15, 0.2) is 18.1 Å². The molecule has 0 saturated carbocycles. The molecule has 1 fully saturated rings. The molecule has 1 aromatic heterocycles. The Bertz CT molecular complexity index is 1320. The molecule has 2 aromatic carbocycles. The van der Waals surface area contributed by atoms with Gasteiger partial charge in [-0.3, -0.25) is 14.5 Å². The summed E-state index contributed by atoms with van der Waals surface area (Å²) in [6, 6.07) is 16.1. The molecule has 41 heavy (non-hydrogen) atoms. The lowest BCUT2D eigenvalue weighted by atomic mass is 10.2. The van der Waals surface area contributed by atoms with Crippen LogP contribution in [-0.2, 0) is 27.4 Å². The number of nitrogens with zero attached hydrogens (tertiary/aromatic N) is 3. The largest absolute Gasteiger partial charge is 0.484 e. The van der Waals surface area contributed by atoms with Gasteiger partial charge in [0.1, 0.15) is 17.3 Å². The van der Waals surface area contributed by atoms with Gasteiger partial charge in [-0.15, -0.1) is 0 Å². The molecule has 0 aliphatic carbocycles. The molecule has 0 unspecified atom stereocenters. The van der Waals surface area contributed by atoms with Gasteiger partial charge in [0.25, 0.3) is 5.91 Å². The zero-order valence-electron chi connectivity index (χ0n) is 23.1. The minimum Gasteiger partial charge on any atom is -0.484 e. The number of aryl methyl sites for hydroxylation is 1. The van der Waals surface area contributed by atoms with Gasteiger partial charge in [-0.25, -0.2) is 0 Å². The third-order valence-corrected chi connectivity index (χ3v) is 7.20. The molecule has 0 N–H and O–H groups in total. The van der Waals surface area contributed by atoms with Crippen molar-refractivity contribution >= 4 is 23.4 Å². The van der Waals surface area contributed by atoms with Gasteiger partial charge >= 0.3 is 0 Å². The highest BCUT2D eigenvalue weighted by atomic mass is 35.5. The first-order chi connectivity index (χ1) is 19.9. The van der Waals surface area contributed by atoms with E-state index in [1.165, 1.54) is 0 Å². The topological polar surface area (TPSA) is 93.9 Å². The Labute approximate surface area is 244 Å². The fraction of sp³-hybridized carbons (Fsp3) is 0.400. The van der Waals surface area contributed by atoms with Crippen molar-refractivity contribution in [3.05, 3.63) is 76.7 Å². The quantitative estimate of drug-likeness (QED) is 0.318. The van der Waals surface area contributed by atoms with Crippen molar-refractivity contribution in [1.82, 2.24) is 14.7 Å². The number of furan rings is 1. The predicted molar refractivity (Wildman–Crippen MR) is 151 cm³/mol. The van der Waals surface area contributed by atoms with Gasteiger partial charge < -0.3 is 33.2 Å². The molecule has 3 aromatic rings. The number of ether oxygens (including phenoxy) is 4. The first-order valence-corrected chi connectivity index (χ1v) is 14.0. The van der Waals surface area contributed by atoms with Crippen molar-refractivity contribution in [3.63, 3.8) is 0 Å². The second-order valence-corrected chi connectivity index (χ2v) is 10.4. The van der Waals surface area contributed by atoms with Crippen LogP contribution in [0.3, 0.4) is 0 Å². The summed E-state index contributed by atoms with van der Waals surface area (Å²) in [6.45, 7) is 6.18. The van der Waals surface area contributed by atoms with Crippen LogP contribution in [0.4, 0.5) is 0 Å². The molecule has 0 spiro atoms. The summed E-state index contributed by atoms with van der Waals surface area (Å²) >= 11 is 5.97. The number of halogens is 1. The molecule has 218 valence electrons. The Morgan fingerprint density at radius 1 is 0.927 bits per heavy atom. The highest BCUT2D eigenvalue weighted by Gasteiger charge is 2.25. The molecular weight excluding hydrogens is 550 g/mol. The molecule has 10 nitrogen and oxygen atoms in total. The summed E-state index contributed by atoms with van der Waals surface area (Å²) in [5, 5.41) is 0.579. The van der Waals surface area contributed by atoms with Gasteiger partial charge in [0.05, 0.1) is 26.3 Å². The highest BCUT2D eigenvalue weighted by molar-refractivity contribution is 6.30. The van der Waals surface area contributed by atoms with Crippen LogP contribution in [0.2, 0.25) is 5.02 Å². The summed E-state index contributed by atoms with van der Waals surface area (Å²) in [4.78, 5) is 32.7. The van der Waals surface area contributed by atoms with Gasteiger partial charge in [-0.2, -0.15) is 0 Å². The lowest BCUT2D eigenvalue weighted by Crippen LogP contribution is -2.48. The number of rotatable bonds is 12. The van der Waals surface area contributed by atoms with Crippen molar-refractivity contribution in [2.75, 3.05) is 59.3 Å². The van der Waals surface area contributed by atoms with E-state index in [0.717, 1.165) is 24.4 Å². The lowest BCUT2D eigenvalue weighted by molar-refractivity contribution is -0.142. The van der Waals surface area contributed by atoms with E-state index < -0.39 is 0 Å². The summed E-state index contributed by atoms with van der Waals surface area (Å²) in [5.41, 5.74) is 0.878. The van der Waals surface area contributed by atoms with E-state index in [2.05, 4.69) is 4.90 Å². The van der Waals surface area contributed by atoms with Gasteiger partial charge in [-0.1, -0.05) is 17.7 Å². The van der Waals surface area contributed by atoms with Crippen molar-refractivity contribution < 1.29 is 33.0 Å². The van der Waals surface area contributed by atoms with Crippen LogP contribution < -0.4 is 14.2 Å². The second-order valence-electron chi connectivity index (χ2n) is 9.96. The Kier molecular flexibility index (Phi) is 9.66. The fourth-order valence-corrected chi connectivity index (χ4v) is 4.79. The Balaban J connectivity index is 1.30. The number of hydrogen-bond donors (Lipinski definition) is 0. The van der Waals surface area contributed by atoms with E-state index in [-0.39, 0.29) is 38.3 Å². The molecule has 0 radical (unpaired) electrons. The van der Waals surface area contributed by atoms with Crippen LogP contribution in [0, 0.1) is 6.92 Å². The molecular formula is C30H34ClN3O7. The monoisotopic (exact) mass is 583 g/mol. The summed E-state index contributed by atoms with van der Waals surface area (Å²) in [5.74, 6) is 2.78. The van der Waals surface area contributed by atoms with E-state index in [9.17, 15) is 9.59 Å². The fourth-order valence-electron chi connectivity index (χ4n) is 4.66. The number of morpholine rings is 1. The maximum absolute atomic E-state index is 13.8. The standard InChI is InChI=1S/C30H34ClN3O7/c1-22-2-6-26(41-22)18-34(17-23-3-9-27-28(16-23)40-21-39-27)29(35)19-33(11-10-32-12-14-37-15-13-32)30(36)20-38-25-7-4-24(31)5-8-25/h2-9,16H,10-15,17-21H2,1H3. The van der Waals surface area contributed by atoms with Crippen LogP contribution in [0.5, 0.6) is 17.2 Å². The Morgan fingerprint density at radius 3 is 2.46 bits per heavy atom. The highest BCUT2D eigenvalue weighted by Crippen LogP contribution is 2.33. The molecule has 2 aliphatic heterocycles. The summed E-state index contributed by atoms with van der Waals surface area (Å²) in [6.07, 6.45) is 0. The first-order valence-electron chi connectivity index (χ1n) is 13.6. The van der Waals surface area contributed by atoms with E-state index in [0.29, 0.717) is 60.9 Å². The third-order valence-electron chi connectivity index (χ3n) is 6.95. The van der Waals surface area contributed by atoms with E-state index in [1.54, 1.807) is 34.1 Å². The summed E-state index contributed by atoms with van der Waals surface area (Å²) < 4.78 is 27.9. The zero-order chi connectivity index (χ0) is 28.6. The molecule has 1 saturated heterocycles. The van der Waals surface area contributed by atoms with Gasteiger partial charge in [0, 0.05) is 37.7 Å². The number of hydrogen-bond acceptors (Lipinski definition) is 8. The number of carbonyl (C=O) groups excluding carboxylic acids is 2. The molecule has 2 amide bonds. The van der Waals surface area contributed by atoms with Crippen molar-refractivity contribution in [2.24, 2.45) is 0 Å². The third kappa shape index (κ3) is 8.16. The summed E-state index contributed by atoms with van der Waals surface area (Å²) in [7, 11) is 0. The van der Waals surface area contributed by atoms with Crippen molar-refractivity contribution in [1.29, 1.82) is 0 Å². The average molecular weight is 584 g/mol. The van der Waals surface area contributed by atoms with E-state index >= 15 is 0 Å². The van der Waals surface area contributed by atoms with Crippen molar-refractivity contribution in [3.8, 4) is 17.2 Å². The maximum atomic E-state index is 13.8. The Morgan fingerprint density at radius 2 is 1.71 bits per heavy atom. The van der Waals surface area contributed by atoms with Gasteiger partial charge in [-0.05, 0) is 61.0 Å². The minimum absolute atomic E-state index is 0.0998. The maximum Gasteiger partial charge on any atom is 0.261 e. The smallest absolute Gasteiger partial charge is 0.261 e. The van der Waals surface area contributed by atoms with E-state index in [1.807, 2.05) is 37.3 Å². The van der Waals surface area contributed by atoms with Crippen LogP contribution in [0.1, 0.15) is 17.1 Å². The molecule has 3 heterocycles. The predicted octanol–water partition coefficient (Wildman–Crippen LogP) is 3.74. The number of carbonyl (C=O) groups is 2. The Hall–Kier alpha value is -3.73. The molecule has 5 rings (SSSR count). The van der Waals surface area contributed by atoms with Crippen LogP contribution in [0.25, 0.3) is 0 Å². The zero-order valence-corrected chi connectivity index (χ0v) is 23.8.